The SMILES string of the molecule is COC(=O)CCCN(CCCC(=O)OC)c1ccc(N)c(OCCC(C)CC(C)(C)C)c1. The van der Waals surface area contributed by atoms with Gasteiger partial charge in [-0.15, -0.1) is 0 Å². The number of anilines is 2. The maximum absolute atomic E-state index is 11.5. The van der Waals surface area contributed by atoms with E-state index < -0.39 is 0 Å². The molecule has 0 saturated heterocycles. The lowest BCUT2D eigenvalue weighted by atomic mass is 9.84. The van der Waals surface area contributed by atoms with Crippen molar-refractivity contribution in [3.05, 3.63) is 18.2 Å². The van der Waals surface area contributed by atoms with E-state index in [4.69, 9.17) is 19.9 Å². The smallest absolute Gasteiger partial charge is 0.305 e. The van der Waals surface area contributed by atoms with Gasteiger partial charge < -0.3 is 24.8 Å². The predicted molar refractivity (Wildman–Crippen MR) is 129 cm³/mol. The first kappa shape index (κ1) is 27.6. The number of rotatable bonds is 14. The first-order valence-electron chi connectivity index (χ1n) is 11.5. The molecule has 182 valence electrons. The normalized spacial score (nSPS) is 12.2. The molecule has 1 unspecified atom stereocenters. The van der Waals surface area contributed by atoms with E-state index in [1.54, 1.807) is 0 Å². The van der Waals surface area contributed by atoms with Gasteiger partial charge >= 0.3 is 11.9 Å². The van der Waals surface area contributed by atoms with E-state index >= 15 is 0 Å². The summed E-state index contributed by atoms with van der Waals surface area (Å²) in [6, 6.07) is 5.73. The van der Waals surface area contributed by atoms with Gasteiger partial charge in [-0.05, 0) is 49.1 Å². The summed E-state index contributed by atoms with van der Waals surface area (Å²) in [6.45, 7) is 10.9. The standard InChI is InChI=1S/C25H42N2O5/c1-19(18-25(2,3)4)13-16-32-22-17-20(11-12-21(22)26)27(14-7-9-23(28)30-5)15-8-10-24(29)31-6/h11-12,17,19H,7-10,13-16,18,26H2,1-6H3. The molecule has 7 heteroatoms. The van der Waals surface area contributed by atoms with Crippen LogP contribution in [0, 0.1) is 11.3 Å². The lowest BCUT2D eigenvalue weighted by Gasteiger charge is -2.26. The Morgan fingerprint density at radius 3 is 2.09 bits per heavy atom. The quantitative estimate of drug-likeness (QED) is 0.321. The highest BCUT2D eigenvalue weighted by Crippen LogP contribution is 2.30. The molecule has 0 aliphatic rings. The highest BCUT2D eigenvalue weighted by molar-refractivity contribution is 5.69. The fraction of sp³-hybridized carbons (Fsp3) is 0.680. The van der Waals surface area contributed by atoms with Gasteiger partial charge in [0.15, 0.2) is 0 Å². The average Bonchev–Trinajstić information content (AvgIpc) is 2.72. The highest BCUT2D eigenvalue weighted by atomic mass is 16.5. The van der Waals surface area contributed by atoms with Gasteiger partial charge in [0, 0.05) is 37.7 Å². The number of nitrogens with two attached hydrogens (primary N) is 1. The number of benzene rings is 1. The molecule has 0 aromatic heterocycles. The van der Waals surface area contributed by atoms with Crippen LogP contribution in [-0.2, 0) is 19.1 Å². The van der Waals surface area contributed by atoms with E-state index in [0.29, 0.717) is 68.1 Å². The Morgan fingerprint density at radius 2 is 1.59 bits per heavy atom. The van der Waals surface area contributed by atoms with Crippen LogP contribution in [0.2, 0.25) is 0 Å². The number of hydrogen-bond acceptors (Lipinski definition) is 7. The number of carbonyl (C=O) groups is 2. The third-order valence-corrected chi connectivity index (χ3v) is 5.26. The van der Waals surface area contributed by atoms with Crippen LogP contribution >= 0.6 is 0 Å². The van der Waals surface area contributed by atoms with Crippen molar-refractivity contribution in [1.29, 1.82) is 0 Å². The summed E-state index contributed by atoms with van der Waals surface area (Å²) >= 11 is 0. The molecular weight excluding hydrogens is 408 g/mol. The summed E-state index contributed by atoms with van der Waals surface area (Å²) in [5.41, 5.74) is 8.01. The molecule has 1 aromatic carbocycles. The fourth-order valence-corrected chi connectivity index (χ4v) is 3.76. The van der Waals surface area contributed by atoms with Gasteiger partial charge in [-0.3, -0.25) is 9.59 Å². The summed E-state index contributed by atoms with van der Waals surface area (Å²) in [5.74, 6) is 0.763. The molecule has 2 N–H and O–H groups in total. The van der Waals surface area contributed by atoms with Crippen LogP contribution in [0.1, 0.15) is 66.2 Å². The maximum atomic E-state index is 11.5. The number of nitrogen functional groups attached to an aromatic ring is 1. The van der Waals surface area contributed by atoms with Gasteiger partial charge in [-0.1, -0.05) is 27.7 Å². The summed E-state index contributed by atoms with van der Waals surface area (Å²) < 4.78 is 15.5. The first-order chi connectivity index (χ1) is 15.1. The van der Waals surface area contributed by atoms with E-state index in [1.165, 1.54) is 14.2 Å². The zero-order valence-corrected chi connectivity index (χ0v) is 20.7. The number of hydrogen-bond donors (Lipinski definition) is 1. The topological polar surface area (TPSA) is 91.1 Å². The van der Waals surface area contributed by atoms with Crippen LogP contribution in [0.3, 0.4) is 0 Å². The maximum Gasteiger partial charge on any atom is 0.305 e. The van der Waals surface area contributed by atoms with Crippen LogP contribution in [-0.4, -0.2) is 45.9 Å². The van der Waals surface area contributed by atoms with Crippen LogP contribution < -0.4 is 15.4 Å². The average molecular weight is 451 g/mol. The minimum absolute atomic E-state index is 0.231. The molecule has 1 rings (SSSR count). The number of nitrogens with zero attached hydrogens (tertiary/aromatic N) is 1. The van der Waals surface area contributed by atoms with Crippen molar-refractivity contribution in [3.8, 4) is 5.75 Å². The van der Waals surface area contributed by atoms with Gasteiger partial charge in [0.2, 0.25) is 0 Å². The number of ether oxygens (including phenoxy) is 3. The second-order valence-corrected chi connectivity index (χ2v) is 9.58. The predicted octanol–water partition coefficient (Wildman–Crippen LogP) is 4.82. The van der Waals surface area contributed by atoms with E-state index in [0.717, 1.165) is 18.5 Å². The lowest BCUT2D eigenvalue weighted by molar-refractivity contribution is -0.141. The number of esters is 2. The third kappa shape index (κ3) is 11.3. The second-order valence-electron chi connectivity index (χ2n) is 9.58. The van der Waals surface area contributed by atoms with E-state index in [-0.39, 0.29) is 11.9 Å². The molecule has 32 heavy (non-hydrogen) atoms. The third-order valence-electron chi connectivity index (χ3n) is 5.26. The Bertz CT molecular complexity index is 693. The summed E-state index contributed by atoms with van der Waals surface area (Å²) in [5, 5.41) is 0. The Morgan fingerprint density at radius 1 is 1.03 bits per heavy atom. The van der Waals surface area contributed by atoms with Crippen molar-refractivity contribution in [2.75, 3.05) is 44.5 Å². The van der Waals surface area contributed by atoms with Crippen LogP contribution in [0.25, 0.3) is 0 Å². The Balaban J connectivity index is 2.79. The highest BCUT2D eigenvalue weighted by Gasteiger charge is 2.16. The number of carbonyl (C=O) groups excluding carboxylic acids is 2. The van der Waals surface area contributed by atoms with Gasteiger partial charge in [-0.25, -0.2) is 0 Å². The van der Waals surface area contributed by atoms with Crippen molar-refractivity contribution >= 4 is 23.3 Å². The molecule has 1 aromatic rings. The van der Waals surface area contributed by atoms with E-state index in [9.17, 15) is 9.59 Å². The van der Waals surface area contributed by atoms with Crippen LogP contribution in [0.5, 0.6) is 5.75 Å². The van der Waals surface area contributed by atoms with Crippen molar-refractivity contribution in [2.24, 2.45) is 11.3 Å². The summed E-state index contributed by atoms with van der Waals surface area (Å²) in [4.78, 5) is 25.1. The second kappa shape index (κ2) is 13.9. The van der Waals surface area contributed by atoms with Crippen molar-refractivity contribution < 1.29 is 23.8 Å². The first-order valence-corrected chi connectivity index (χ1v) is 11.5. The lowest BCUT2D eigenvalue weighted by Crippen LogP contribution is -2.27. The zero-order chi connectivity index (χ0) is 24.1. The molecule has 0 aliphatic heterocycles. The number of methoxy groups -OCH3 is 2. The molecule has 0 aliphatic carbocycles. The van der Waals surface area contributed by atoms with Crippen LogP contribution in [0.4, 0.5) is 11.4 Å². The van der Waals surface area contributed by atoms with Gasteiger partial charge in [-0.2, -0.15) is 0 Å². The monoisotopic (exact) mass is 450 g/mol. The van der Waals surface area contributed by atoms with Crippen molar-refractivity contribution in [1.82, 2.24) is 0 Å². The van der Waals surface area contributed by atoms with Gasteiger partial charge in [0.25, 0.3) is 0 Å². The molecule has 0 spiro atoms. The molecule has 0 amide bonds. The Hall–Kier alpha value is -2.44. The summed E-state index contributed by atoms with van der Waals surface area (Å²) in [6.07, 6.45) is 4.08. The molecule has 0 bridgehead atoms. The van der Waals surface area contributed by atoms with Gasteiger partial charge in [0.05, 0.1) is 26.5 Å². The van der Waals surface area contributed by atoms with Gasteiger partial charge in [0.1, 0.15) is 5.75 Å². The minimum Gasteiger partial charge on any atom is -0.491 e. The molecule has 0 heterocycles. The molecule has 0 fully saturated rings. The molecule has 1 atom stereocenters. The molecular formula is C25H42N2O5. The summed E-state index contributed by atoms with van der Waals surface area (Å²) in [7, 11) is 2.78. The van der Waals surface area contributed by atoms with Crippen molar-refractivity contribution in [2.45, 2.75) is 66.2 Å². The van der Waals surface area contributed by atoms with E-state index in [2.05, 4.69) is 32.6 Å². The Kier molecular flexibility index (Phi) is 12.0. The fourth-order valence-electron chi connectivity index (χ4n) is 3.76. The minimum atomic E-state index is -0.231. The van der Waals surface area contributed by atoms with Crippen molar-refractivity contribution in [3.63, 3.8) is 0 Å². The molecule has 0 saturated carbocycles. The molecule has 7 nitrogen and oxygen atoms in total. The van der Waals surface area contributed by atoms with E-state index in [1.807, 2.05) is 18.2 Å². The largest absolute Gasteiger partial charge is 0.491 e. The zero-order valence-electron chi connectivity index (χ0n) is 20.7. The Labute approximate surface area is 193 Å². The molecule has 0 radical (unpaired) electrons. The van der Waals surface area contributed by atoms with Crippen LogP contribution in [0.15, 0.2) is 18.2 Å².